The Morgan fingerprint density at radius 3 is 1.65 bits per heavy atom. The molecule has 1 unspecified atom stereocenters. The van der Waals surface area contributed by atoms with Crippen molar-refractivity contribution >= 4 is 57.8 Å². The van der Waals surface area contributed by atoms with Gasteiger partial charge >= 0.3 is 0 Å². The minimum Gasteiger partial charge on any atom is -0.662 e. The third-order valence-electron chi connectivity index (χ3n) is 10.6. The zero-order chi connectivity index (χ0) is 45.5. The average Bonchev–Trinajstić information content (AvgIpc) is 4.13. The fourth-order valence-electron chi connectivity index (χ4n) is 7.02. The second-order valence-corrected chi connectivity index (χ2v) is 16.8. The van der Waals surface area contributed by atoms with Crippen LogP contribution in [0, 0.1) is 37.3 Å². The van der Waals surface area contributed by atoms with Crippen molar-refractivity contribution < 1.29 is 36.4 Å². The monoisotopic (exact) mass is 936 g/mol. The van der Waals surface area contributed by atoms with Crippen molar-refractivity contribution in [2.24, 2.45) is 17.0 Å². The van der Waals surface area contributed by atoms with Gasteiger partial charge < -0.3 is 26.6 Å². The lowest BCUT2D eigenvalue weighted by Crippen LogP contribution is -2.36. The second kappa shape index (κ2) is 20.9. The maximum atomic E-state index is 13.4. The molecule has 344 valence electrons. The number of fused-ring (bicyclic) bond motifs is 2. The SMILES string of the molecule is Cc1cc(CNC(=O)c2cc(C(=O)NCC3CCN(S(N)(=O)=O)C3)n3ncnc3n2)ccc1F.Cc1cc(CNC(=O)c2cc(C(=O)NC[C@H]3CC[N-]C3)n3ncnc3n2)ccc1F.Cl. The van der Waals surface area contributed by atoms with Gasteiger partial charge in [-0.15, -0.1) is 25.5 Å². The van der Waals surface area contributed by atoms with Crippen molar-refractivity contribution in [1.82, 2.24) is 64.7 Å². The van der Waals surface area contributed by atoms with E-state index in [1.54, 1.807) is 38.1 Å². The number of carbonyl (C=O) groups excluding carboxylic acids is 4. The van der Waals surface area contributed by atoms with Crippen molar-refractivity contribution in [3.63, 3.8) is 0 Å². The Morgan fingerprint density at radius 1 is 0.723 bits per heavy atom. The number of hydrogen-bond acceptors (Lipinski definition) is 12. The topological polar surface area (TPSA) is 280 Å². The lowest BCUT2D eigenvalue weighted by molar-refractivity contribution is 0.0925. The Balaban J connectivity index is 0.000000214. The van der Waals surface area contributed by atoms with Crippen LogP contribution in [0.1, 0.15) is 77.0 Å². The molecule has 2 aliphatic rings. The summed E-state index contributed by atoms with van der Waals surface area (Å²) in [5, 5.41) is 28.5. The third-order valence-corrected chi connectivity index (χ3v) is 11.6. The molecule has 6 heterocycles. The zero-order valence-electron chi connectivity index (χ0n) is 35.1. The molecule has 4 amide bonds. The molecule has 2 fully saturated rings. The van der Waals surface area contributed by atoms with Gasteiger partial charge in [0, 0.05) is 51.4 Å². The van der Waals surface area contributed by atoms with Crippen molar-refractivity contribution in [1.29, 1.82) is 0 Å². The normalized spacial score (nSPS) is 16.1. The summed E-state index contributed by atoms with van der Waals surface area (Å²) in [7, 11) is -3.77. The first kappa shape index (κ1) is 47.9. The van der Waals surface area contributed by atoms with E-state index in [1.807, 2.05) is 0 Å². The molecule has 2 saturated heterocycles. The van der Waals surface area contributed by atoms with Gasteiger partial charge in [-0.25, -0.2) is 23.9 Å². The van der Waals surface area contributed by atoms with E-state index >= 15 is 0 Å². The van der Waals surface area contributed by atoms with Gasteiger partial charge in [0.2, 0.25) is 0 Å². The molecule has 6 aromatic rings. The Labute approximate surface area is 377 Å². The molecule has 2 aromatic carbocycles. The molecule has 21 nitrogen and oxygen atoms in total. The molecule has 2 atom stereocenters. The second-order valence-electron chi connectivity index (χ2n) is 15.3. The van der Waals surface area contributed by atoms with Crippen LogP contribution in [-0.4, -0.2) is 115 Å². The minimum atomic E-state index is -3.77. The van der Waals surface area contributed by atoms with Crippen LogP contribution in [0.3, 0.4) is 0 Å². The van der Waals surface area contributed by atoms with Gasteiger partial charge in [-0.3, -0.25) is 19.2 Å². The van der Waals surface area contributed by atoms with Crippen molar-refractivity contribution in [3.05, 3.63) is 123 Å². The summed E-state index contributed by atoms with van der Waals surface area (Å²) in [6, 6.07) is 11.8. The highest BCUT2D eigenvalue weighted by Crippen LogP contribution is 2.18. The molecule has 65 heavy (non-hydrogen) atoms. The van der Waals surface area contributed by atoms with Gasteiger partial charge in [0.25, 0.3) is 45.4 Å². The van der Waals surface area contributed by atoms with Crippen LogP contribution in [0.4, 0.5) is 8.78 Å². The van der Waals surface area contributed by atoms with E-state index in [0.717, 1.165) is 29.4 Å². The van der Waals surface area contributed by atoms with Crippen LogP contribution < -0.4 is 26.4 Å². The van der Waals surface area contributed by atoms with Gasteiger partial charge in [-0.2, -0.15) is 41.9 Å². The highest BCUT2D eigenvalue weighted by molar-refractivity contribution is 7.86. The smallest absolute Gasteiger partial charge is 0.276 e. The number of amides is 4. The number of aryl methyl sites for hydroxylation is 2. The Kier molecular flexibility index (Phi) is 15.4. The van der Waals surface area contributed by atoms with Gasteiger partial charge in [-0.05, 0) is 66.5 Å². The number of nitrogens with two attached hydrogens (primary N) is 1. The molecule has 0 bridgehead atoms. The van der Waals surface area contributed by atoms with Crippen LogP contribution >= 0.6 is 12.4 Å². The molecular weight excluding hydrogens is 892 g/mol. The predicted molar refractivity (Wildman–Crippen MR) is 232 cm³/mol. The molecular formula is C40H45ClF2N15O6S-. The van der Waals surface area contributed by atoms with Crippen LogP contribution in [-0.2, 0) is 23.3 Å². The van der Waals surface area contributed by atoms with E-state index < -0.39 is 27.9 Å². The van der Waals surface area contributed by atoms with E-state index in [9.17, 15) is 36.4 Å². The Morgan fingerprint density at radius 2 is 1.22 bits per heavy atom. The van der Waals surface area contributed by atoms with Gasteiger partial charge in [0.05, 0.1) is 0 Å². The third kappa shape index (κ3) is 12.0. The molecule has 25 heteroatoms. The van der Waals surface area contributed by atoms with Gasteiger partial charge in [-0.1, -0.05) is 30.7 Å². The molecule has 0 spiro atoms. The van der Waals surface area contributed by atoms with Crippen molar-refractivity contribution in [3.8, 4) is 0 Å². The summed E-state index contributed by atoms with van der Waals surface area (Å²) in [5.74, 6) is -2.07. The number of rotatable bonds is 13. The molecule has 0 radical (unpaired) electrons. The minimum absolute atomic E-state index is 0. The zero-order valence-corrected chi connectivity index (χ0v) is 36.7. The average molecular weight is 937 g/mol. The van der Waals surface area contributed by atoms with E-state index in [2.05, 4.69) is 56.7 Å². The summed E-state index contributed by atoms with van der Waals surface area (Å²) in [6.07, 6.45) is 4.00. The van der Waals surface area contributed by atoms with Crippen molar-refractivity contribution in [2.45, 2.75) is 39.8 Å². The van der Waals surface area contributed by atoms with E-state index in [4.69, 9.17) is 5.14 Å². The van der Waals surface area contributed by atoms with E-state index in [-0.39, 0.29) is 96.4 Å². The van der Waals surface area contributed by atoms with Gasteiger partial charge in [0.1, 0.15) is 47.1 Å². The summed E-state index contributed by atoms with van der Waals surface area (Å²) in [5.41, 5.74) is 2.66. The number of halogens is 3. The van der Waals surface area contributed by atoms with Crippen LogP contribution in [0.5, 0.6) is 0 Å². The van der Waals surface area contributed by atoms with Crippen molar-refractivity contribution in [2.75, 3.05) is 39.3 Å². The first-order chi connectivity index (χ1) is 30.6. The molecule has 2 aliphatic heterocycles. The Hall–Kier alpha value is -6.60. The first-order valence-corrected chi connectivity index (χ1v) is 21.6. The highest BCUT2D eigenvalue weighted by Gasteiger charge is 2.30. The molecule has 0 aliphatic carbocycles. The largest absolute Gasteiger partial charge is 0.662 e. The standard InChI is InChI=1S/C20H23FN8O4S.C20H21FN7O2.ClH/c1-12-6-13(2-3-15(12)21)8-23-18(30)16-7-17(29-20(27-16)25-11-26-29)19(31)24-9-14-4-5-28(10-14)34(22,32)33;1-12-6-13(2-3-15(12)21)9-23-18(29)16-7-17(28-20(27-16)25-11-26-28)19(30)24-10-14-4-5-22-8-14;/h2-3,6-7,11,14H,4-5,8-10H2,1H3,(H,23,30)(H,24,31)(H2,22,32,33);2-3,6-7,11,14H,4-5,8-10H2,1H3,(H,23,29)(H,24,30);1H/q;-1;/t;14-;/m.0./s1. The number of nitrogens with zero attached hydrogens (tertiary/aromatic N) is 10. The summed E-state index contributed by atoms with van der Waals surface area (Å²) in [6.45, 7) is 6.42. The number of carbonyl (C=O) groups is 4. The number of benzene rings is 2. The van der Waals surface area contributed by atoms with E-state index in [0.29, 0.717) is 42.1 Å². The van der Waals surface area contributed by atoms with Crippen LogP contribution in [0.15, 0.2) is 61.2 Å². The van der Waals surface area contributed by atoms with E-state index in [1.165, 1.54) is 46.0 Å². The number of hydrogen-bond donors (Lipinski definition) is 5. The summed E-state index contributed by atoms with van der Waals surface area (Å²) < 4.78 is 53.5. The quantitative estimate of drug-likeness (QED) is 0.111. The molecule has 6 N–H and O–H groups in total. The molecule has 0 saturated carbocycles. The summed E-state index contributed by atoms with van der Waals surface area (Å²) >= 11 is 0. The molecule has 4 aromatic heterocycles. The Bertz CT molecular complexity index is 2840. The predicted octanol–water partition coefficient (Wildman–Crippen LogP) is 1.80. The lowest BCUT2D eigenvalue weighted by Gasteiger charge is -2.14. The maximum absolute atomic E-state index is 13.4. The fraction of sp³-hybridized carbons (Fsp3) is 0.350. The van der Waals surface area contributed by atoms with Gasteiger partial charge in [0.15, 0.2) is 0 Å². The maximum Gasteiger partial charge on any atom is 0.276 e. The molecule has 8 rings (SSSR count). The summed E-state index contributed by atoms with van der Waals surface area (Å²) in [4.78, 5) is 67.2. The first-order valence-electron chi connectivity index (χ1n) is 20.1. The highest BCUT2D eigenvalue weighted by atomic mass is 35.5. The van der Waals surface area contributed by atoms with Crippen LogP contribution in [0.25, 0.3) is 16.9 Å². The number of nitrogens with one attached hydrogen (secondary N) is 4. The fourth-order valence-corrected chi connectivity index (χ4v) is 7.79. The van der Waals surface area contributed by atoms with Crippen LogP contribution in [0.2, 0.25) is 0 Å². The lowest BCUT2D eigenvalue weighted by atomic mass is 10.1. The number of aromatic nitrogens is 8.